The molecule has 2 aromatic rings. The summed E-state index contributed by atoms with van der Waals surface area (Å²) in [6.45, 7) is 10.4. The van der Waals surface area contributed by atoms with Crippen molar-refractivity contribution < 1.29 is 38.5 Å². The van der Waals surface area contributed by atoms with Crippen molar-refractivity contribution in [2.45, 2.75) is 70.6 Å². The Balaban J connectivity index is 1.53. The molecular weight excluding hydrogens is 554 g/mol. The van der Waals surface area contributed by atoms with Crippen LogP contribution >= 0.6 is 0 Å². The van der Waals surface area contributed by atoms with Crippen LogP contribution in [0.4, 0.5) is 4.79 Å². The van der Waals surface area contributed by atoms with Gasteiger partial charge in [-0.25, -0.2) is 14.4 Å². The highest BCUT2D eigenvalue weighted by molar-refractivity contribution is 6.08. The molecule has 0 heterocycles. The number of hydrogen-bond acceptors (Lipinski definition) is 9. The van der Waals surface area contributed by atoms with Gasteiger partial charge in [0.1, 0.15) is 17.8 Å². The maximum Gasteiger partial charge on any atom is 0.407 e. The Labute approximate surface area is 252 Å². The minimum Gasteiger partial charge on any atom is -0.479 e. The molecule has 1 unspecified atom stereocenters. The Bertz CT molecular complexity index is 1280. The number of ether oxygens (including phenoxy) is 3. The zero-order valence-electron chi connectivity index (χ0n) is 25.7. The molecule has 0 fully saturated rings. The highest BCUT2D eigenvalue weighted by Crippen LogP contribution is 2.44. The number of carboxylic acids is 1. The predicted octanol–water partition coefficient (Wildman–Crippen LogP) is 3.59. The molecule has 1 aliphatic carbocycles. The van der Waals surface area contributed by atoms with Crippen molar-refractivity contribution in [2.24, 2.45) is 11.7 Å². The molecule has 234 valence electrons. The normalized spacial score (nSPS) is 15.0. The second-order valence-corrected chi connectivity index (χ2v) is 12.6. The van der Waals surface area contributed by atoms with Gasteiger partial charge in [0.15, 0.2) is 0 Å². The molecule has 0 saturated carbocycles. The van der Waals surface area contributed by atoms with Gasteiger partial charge in [0.2, 0.25) is 5.54 Å². The summed E-state index contributed by atoms with van der Waals surface area (Å²) in [5.74, 6) is -5.46. The molecular formula is C32H43N3O8. The first-order valence-corrected chi connectivity index (χ1v) is 14.3. The van der Waals surface area contributed by atoms with Gasteiger partial charge in [0, 0.05) is 19.0 Å². The van der Waals surface area contributed by atoms with Crippen LogP contribution in [0.2, 0.25) is 0 Å². The number of nitrogens with two attached hydrogens (primary N) is 1. The van der Waals surface area contributed by atoms with Crippen molar-refractivity contribution in [3.05, 3.63) is 59.7 Å². The third-order valence-electron chi connectivity index (χ3n) is 6.86. The Hall–Kier alpha value is -3.96. The smallest absolute Gasteiger partial charge is 0.407 e. The molecule has 0 saturated heterocycles. The summed E-state index contributed by atoms with van der Waals surface area (Å²) in [6.07, 6.45) is -0.714. The maximum atomic E-state index is 13.0. The summed E-state index contributed by atoms with van der Waals surface area (Å²) in [5, 5.41) is 15.7. The van der Waals surface area contributed by atoms with Crippen LogP contribution in [-0.4, -0.2) is 72.1 Å². The molecule has 11 nitrogen and oxygen atoms in total. The lowest BCUT2D eigenvalue weighted by Gasteiger charge is -2.34. The van der Waals surface area contributed by atoms with E-state index in [-0.39, 0.29) is 38.6 Å². The largest absolute Gasteiger partial charge is 0.479 e. The summed E-state index contributed by atoms with van der Waals surface area (Å²) in [7, 11) is 0. The van der Waals surface area contributed by atoms with Gasteiger partial charge >= 0.3 is 24.0 Å². The van der Waals surface area contributed by atoms with E-state index in [0.29, 0.717) is 0 Å². The monoisotopic (exact) mass is 597 g/mol. The van der Waals surface area contributed by atoms with E-state index in [2.05, 4.69) is 22.8 Å². The van der Waals surface area contributed by atoms with E-state index in [9.17, 15) is 24.3 Å². The number of carbonyl (C=O) groups excluding carboxylic acids is 3. The first-order valence-electron chi connectivity index (χ1n) is 14.3. The molecule has 0 radical (unpaired) electrons. The fraction of sp³-hybridized carbons (Fsp3) is 0.500. The van der Waals surface area contributed by atoms with Crippen LogP contribution < -0.4 is 16.4 Å². The molecule has 0 bridgehead atoms. The van der Waals surface area contributed by atoms with Gasteiger partial charge in [-0.2, -0.15) is 0 Å². The second kappa shape index (κ2) is 13.6. The average Bonchev–Trinajstić information content (AvgIpc) is 3.22. The van der Waals surface area contributed by atoms with E-state index in [1.165, 1.54) is 0 Å². The number of fused-ring (bicyclic) bond motifs is 3. The Morgan fingerprint density at radius 2 is 1.37 bits per heavy atom. The second-order valence-electron chi connectivity index (χ2n) is 12.6. The first kappa shape index (κ1) is 33.5. The van der Waals surface area contributed by atoms with Crippen LogP contribution in [0.15, 0.2) is 48.5 Å². The van der Waals surface area contributed by atoms with Crippen molar-refractivity contribution in [1.29, 1.82) is 0 Å². The van der Waals surface area contributed by atoms with Crippen LogP contribution in [0.25, 0.3) is 11.1 Å². The van der Waals surface area contributed by atoms with Crippen LogP contribution in [0, 0.1) is 5.92 Å². The van der Waals surface area contributed by atoms with E-state index >= 15 is 0 Å². The van der Waals surface area contributed by atoms with Crippen molar-refractivity contribution in [3.63, 3.8) is 0 Å². The number of nitrogens with one attached hydrogen (secondary N) is 2. The van der Waals surface area contributed by atoms with E-state index < -0.39 is 46.7 Å². The van der Waals surface area contributed by atoms with Crippen molar-refractivity contribution >= 4 is 24.0 Å². The van der Waals surface area contributed by atoms with Gasteiger partial charge in [0.05, 0.1) is 5.92 Å². The summed E-state index contributed by atoms with van der Waals surface area (Å²) < 4.78 is 16.2. The quantitative estimate of drug-likeness (QED) is 0.123. The molecule has 0 aliphatic heterocycles. The Morgan fingerprint density at radius 1 is 0.837 bits per heavy atom. The topological polar surface area (TPSA) is 166 Å². The van der Waals surface area contributed by atoms with Crippen molar-refractivity contribution in [3.8, 4) is 11.1 Å². The third-order valence-corrected chi connectivity index (χ3v) is 6.86. The Morgan fingerprint density at radius 3 is 1.88 bits per heavy atom. The summed E-state index contributed by atoms with van der Waals surface area (Å²) in [4.78, 5) is 50.6. The zero-order chi connectivity index (χ0) is 32.0. The molecule has 1 amide bonds. The van der Waals surface area contributed by atoms with Gasteiger partial charge in [-0.3, -0.25) is 4.79 Å². The van der Waals surface area contributed by atoms with Crippen LogP contribution in [-0.2, 0) is 28.6 Å². The number of aliphatic carboxylic acids is 1. The average molecular weight is 598 g/mol. The minimum atomic E-state index is -2.67. The first-order chi connectivity index (χ1) is 20.0. The SMILES string of the molecule is CC(C)(C)OC(=O)C(CCNCCNC(=O)OCC1c2ccccc2-c2ccccc21)[C@](N)(C(=O)O)C(=O)OC(C)(C)C. The standard InChI is InChI=1S/C32H43N3O8/c1-30(2,3)42-26(36)25(32(33,27(37)38)28(39)43-31(4,5)6)15-16-34-17-18-35-29(40)41-19-24-22-13-9-7-11-20(22)21-12-8-10-14-23(21)24/h7-14,24-25,34H,15-19,33H2,1-6H3,(H,35,40)(H,37,38)/t25?,32-/m0/s1. The summed E-state index contributed by atoms with van der Waals surface area (Å²) in [5.41, 5.74) is 5.96. The molecule has 43 heavy (non-hydrogen) atoms. The Kier molecular flexibility index (Phi) is 10.6. The number of carboxylic acid groups (broad SMARTS) is 1. The fourth-order valence-electron chi connectivity index (χ4n) is 4.92. The van der Waals surface area contributed by atoms with Gasteiger partial charge in [-0.05, 0) is 76.8 Å². The molecule has 3 rings (SSSR count). The van der Waals surface area contributed by atoms with E-state index in [1.54, 1.807) is 41.5 Å². The lowest BCUT2D eigenvalue weighted by atomic mass is 9.81. The number of hydrogen-bond donors (Lipinski definition) is 4. The molecule has 0 aromatic heterocycles. The predicted molar refractivity (Wildman–Crippen MR) is 160 cm³/mol. The lowest BCUT2D eigenvalue weighted by molar-refractivity contribution is -0.181. The maximum absolute atomic E-state index is 13.0. The van der Waals surface area contributed by atoms with Crippen LogP contribution in [0.5, 0.6) is 0 Å². The van der Waals surface area contributed by atoms with Crippen LogP contribution in [0.3, 0.4) is 0 Å². The zero-order valence-corrected chi connectivity index (χ0v) is 25.7. The molecule has 11 heteroatoms. The lowest BCUT2D eigenvalue weighted by Crippen LogP contribution is -2.64. The molecule has 5 N–H and O–H groups in total. The number of alkyl carbamates (subject to hydrolysis) is 1. The van der Waals surface area contributed by atoms with E-state index in [0.717, 1.165) is 22.3 Å². The summed E-state index contributed by atoms with van der Waals surface area (Å²) in [6, 6.07) is 16.1. The van der Waals surface area contributed by atoms with Crippen molar-refractivity contribution in [2.75, 3.05) is 26.2 Å². The number of benzene rings is 2. The fourth-order valence-corrected chi connectivity index (χ4v) is 4.92. The third kappa shape index (κ3) is 8.55. The highest BCUT2D eigenvalue weighted by Gasteiger charge is 2.55. The molecule has 0 spiro atoms. The van der Waals surface area contributed by atoms with Crippen LogP contribution in [0.1, 0.15) is 65.0 Å². The van der Waals surface area contributed by atoms with Crippen molar-refractivity contribution in [1.82, 2.24) is 10.6 Å². The highest BCUT2D eigenvalue weighted by atomic mass is 16.6. The van der Waals surface area contributed by atoms with Gasteiger partial charge < -0.3 is 35.7 Å². The van der Waals surface area contributed by atoms with Gasteiger partial charge in [-0.15, -0.1) is 0 Å². The van der Waals surface area contributed by atoms with E-state index in [1.807, 2.05) is 36.4 Å². The number of amides is 1. The number of esters is 2. The van der Waals surface area contributed by atoms with Gasteiger partial charge in [0.25, 0.3) is 0 Å². The molecule has 2 atom stereocenters. The minimum absolute atomic E-state index is 0.0585. The molecule has 2 aromatic carbocycles. The number of carbonyl (C=O) groups is 4. The van der Waals surface area contributed by atoms with Gasteiger partial charge in [-0.1, -0.05) is 48.5 Å². The molecule has 1 aliphatic rings. The summed E-state index contributed by atoms with van der Waals surface area (Å²) >= 11 is 0. The number of rotatable bonds is 12. The van der Waals surface area contributed by atoms with E-state index in [4.69, 9.17) is 19.9 Å².